The summed E-state index contributed by atoms with van der Waals surface area (Å²) in [6.07, 6.45) is 0. The zero-order valence-electron chi connectivity index (χ0n) is 15.6. The highest BCUT2D eigenvalue weighted by Crippen LogP contribution is 2.29. The lowest BCUT2D eigenvalue weighted by Gasteiger charge is -2.16. The highest BCUT2D eigenvalue weighted by Gasteiger charge is 2.18. The number of halogens is 2. The Bertz CT molecular complexity index is 973. The standard InChI is InChI=1S/C21H20ClFN2O2S/c1-3-25(4-2)21(26)19-13-28-20(24-19)17-9-8-16(11-18(17)23)27-12-14-6-5-7-15(22)10-14/h5-11,13H,3-4,12H2,1-2H3. The Balaban J connectivity index is 1.73. The zero-order chi connectivity index (χ0) is 20.1. The van der Waals surface area contributed by atoms with Crippen LogP contribution in [0.4, 0.5) is 4.39 Å². The van der Waals surface area contributed by atoms with Gasteiger partial charge in [-0.25, -0.2) is 9.37 Å². The monoisotopic (exact) mass is 418 g/mol. The first-order chi connectivity index (χ1) is 13.5. The van der Waals surface area contributed by atoms with E-state index in [4.69, 9.17) is 16.3 Å². The van der Waals surface area contributed by atoms with Crippen molar-refractivity contribution in [2.45, 2.75) is 20.5 Å². The number of aromatic nitrogens is 1. The fourth-order valence-electron chi connectivity index (χ4n) is 2.72. The number of carbonyl (C=O) groups is 1. The van der Waals surface area contributed by atoms with Crippen LogP contribution in [0, 0.1) is 5.82 Å². The molecule has 0 aliphatic carbocycles. The predicted octanol–water partition coefficient (Wildman–Crippen LogP) is 5.66. The number of carbonyl (C=O) groups excluding carboxylic acids is 1. The van der Waals surface area contributed by atoms with Gasteiger partial charge in [0.25, 0.3) is 5.91 Å². The van der Waals surface area contributed by atoms with E-state index in [0.29, 0.717) is 46.7 Å². The number of amides is 1. The van der Waals surface area contributed by atoms with E-state index >= 15 is 0 Å². The van der Waals surface area contributed by atoms with Gasteiger partial charge < -0.3 is 9.64 Å². The molecule has 1 heterocycles. The molecule has 0 radical (unpaired) electrons. The van der Waals surface area contributed by atoms with Crippen molar-refractivity contribution in [2.75, 3.05) is 13.1 Å². The Labute approximate surface area is 172 Å². The quantitative estimate of drug-likeness (QED) is 0.497. The molecule has 3 rings (SSSR count). The number of nitrogens with zero attached hydrogens (tertiary/aromatic N) is 2. The van der Waals surface area contributed by atoms with Gasteiger partial charge in [0, 0.05) is 35.1 Å². The first-order valence-electron chi connectivity index (χ1n) is 8.93. The van der Waals surface area contributed by atoms with Gasteiger partial charge in [0.05, 0.1) is 0 Å². The van der Waals surface area contributed by atoms with Crippen molar-refractivity contribution in [2.24, 2.45) is 0 Å². The van der Waals surface area contributed by atoms with Crippen molar-refractivity contribution < 1.29 is 13.9 Å². The van der Waals surface area contributed by atoms with Crippen LogP contribution in [0.1, 0.15) is 29.9 Å². The summed E-state index contributed by atoms with van der Waals surface area (Å²) >= 11 is 7.20. The van der Waals surface area contributed by atoms with Crippen molar-refractivity contribution in [1.82, 2.24) is 9.88 Å². The molecule has 0 aliphatic heterocycles. The molecule has 2 aromatic carbocycles. The van der Waals surface area contributed by atoms with Crippen LogP contribution in [-0.4, -0.2) is 28.9 Å². The smallest absolute Gasteiger partial charge is 0.273 e. The average Bonchev–Trinajstić information content (AvgIpc) is 3.17. The van der Waals surface area contributed by atoms with Gasteiger partial charge in [-0.3, -0.25) is 4.79 Å². The number of hydrogen-bond acceptors (Lipinski definition) is 4. The van der Waals surface area contributed by atoms with Crippen LogP contribution in [0.15, 0.2) is 47.8 Å². The van der Waals surface area contributed by atoms with Crippen LogP contribution in [0.25, 0.3) is 10.6 Å². The lowest BCUT2D eigenvalue weighted by molar-refractivity contribution is 0.0768. The lowest BCUT2D eigenvalue weighted by Crippen LogP contribution is -2.30. The number of thiazole rings is 1. The van der Waals surface area contributed by atoms with Crippen LogP contribution < -0.4 is 4.74 Å². The molecule has 0 atom stereocenters. The van der Waals surface area contributed by atoms with Gasteiger partial charge in [0.15, 0.2) is 0 Å². The van der Waals surface area contributed by atoms with Crippen molar-refractivity contribution in [3.63, 3.8) is 0 Å². The van der Waals surface area contributed by atoms with Gasteiger partial charge in [-0.1, -0.05) is 23.7 Å². The first-order valence-corrected chi connectivity index (χ1v) is 10.2. The minimum absolute atomic E-state index is 0.144. The van der Waals surface area contributed by atoms with Crippen molar-refractivity contribution in [1.29, 1.82) is 0 Å². The van der Waals surface area contributed by atoms with Gasteiger partial charge in [-0.2, -0.15) is 0 Å². The van der Waals surface area contributed by atoms with Gasteiger partial charge in [0.2, 0.25) is 0 Å². The third kappa shape index (κ3) is 4.69. The van der Waals surface area contributed by atoms with Crippen LogP contribution in [0.5, 0.6) is 5.75 Å². The molecular formula is C21H20ClFN2O2S. The Morgan fingerprint density at radius 2 is 2.00 bits per heavy atom. The maximum atomic E-state index is 14.6. The molecule has 28 heavy (non-hydrogen) atoms. The molecule has 146 valence electrons. The van der Waals surface area contributed by atoms with E-state index in [-0.39, 0.29) is 5.91 Å². The minimum Gasteiger partial charge on any atom is -0.489 e. The van der Waals surface area contributed by atoms with Gasteiger partial charge >= 0.3 is 0 Å². The van der Waals surface area contributed by atoms with E-state index < -0.39 is 5.82 Å². The Morgan fingerprint density at radius 3 is 2.68 bits per heavy atom. The molecule has 0 unspecified atom stereocenters. The molecule has 7 heteroatoms. The Hall–Kier alpha value is -2.44. The van der Waals surface area contributed by atoms with Crippen molar-refractivity contribution in [3.05, 3.63) is 69.9 Å². The maximum Gasteiger partial charge on any atom is 0.273 e. The number of rotatable bonds is 7. The first kappa shape index (κ1) is 20.3. The number of benzene rings is 2. The summed E-state index contributed by atoms with van der Waals surface area (Å²) in [5.74, 6) is -0.175. The summed E-state index contributed by atoms with van der Waals surface area (Å²) in [6.45, 7) is 5.33. The minimum atomic E-state index is -0.445. The van der Waals surface area contributed by atoms with Crippen molar-refractivity contribution >= 4 is 28.8 Å². The SMILES string of the molecule is CCN(CC)C(=O)c1csc(-c2ccc(OCc3cccc(Cl)c3)cc2F)n1. The summed E-state index contributed by atoms with van der Waals surface area (Å²) in [6, 6.07) is 11.9. The highest BCUT2D eigenvalue weighted by molar-refractivity contribution is 7.13. The van der Waals surface area contributed by atoms with Crippen LogP contribution in [0.2, 0.25) is 5.02 Å². The van der Waals surface area contributed by atoms with Gasteiger partial charge in [-0.05, 0) is 43.7 Å². The molecule has 0 saturated carbocycles. The predicted molar refractivity (Wildman–Crippen MR) is 111 cm³/mol. The molecule has 4 nitrogen and oxygen atoms in total. The second kappa shape index (κ2) is 9.17. The van der Waals surface area contributed by atoms with Crippen molar-refractivity contribution in [3.8, 4) is 16.3 Å². The highest BCUT2D eigenvalue weighted by atomic mass is 35.5. The van der Waals surface area contributed by atoms with Gasteiger partial charge in [0.1, 0.15) is 28.9 Å². The van der Waals surface area contributed by atoms with E-state index in [1.54, 1.807) is 34.5 Å². The molecule has 0 N–H and O–H groups in total. The van der Waals surface area contributed by atoms with E-state index in [1.807, 2.05) is 26.0 Å². The Morgan fingerprint density at radius 1 is 1.21 bits per heavy atom. The lowest BCUT2D eigenvalue weighted by atomic mass is 10.2. The van der Waals surface area contributed by atoms with Crippen LogP contribution in [0.3, 0.4) is 0 Å². The van der Waals surface area contributed by atoms with Gasteiger partial charge in [-0.15, -0.1) is 11.3 Å². The zero-order valence-corrected chi connectivity index (χ0v) is 17.2. The molecular weight excluding hydrogens is 399 g/mol. The molecule has 0 fully saturated rings. The fraction of sp³-hybridized carbons (Fsp3) is 0.238. The fourth-order valence-corrected chi connectivity index (χ4v) is 3.75. The number of ether oxygens (including phenoxy) is 1. The third-order valence-corrected chi connectivity index (χ3v) is 5.35. The van der Waals surface area contributed by atoms with E-state index in [2.05, 4.69) is 4.98 Å². The third-order valence-electron chi connectivity index (χ3n) is 4.24. The summed E-state index contributed by atoms with van der Waals surface area (Å²) < 4.78 is 20.2. The molecule has 3 aromatic rings. The van der Waals surface area contributed by atoms with Crippen LogP contribution in [-0.2, 0) is 6.61 Å². The summed E-state index contributed by atoms with van der Waals surface area (Å²) in [7, 11) is 0. The summed E-state index contributed by atoms with van der Waals surface area (Å²) in [5.41, 5.74) is 1.58. The molecule has 1 aromatic heterocycles. The normalized spacial score (nSPS) is 10.7. The largest absolute Gasteiger partial charge is 0.489 e. The maximum absolute atomic E-state index is 14.6. The molecule has 0 bridgehead atoms. The Kier molecular flexibility index (Phi) is 6.65. The van der Waals surface area contributed by atoms with E-state index in [1.165, 1.54) is 17.4 Å². The number of hydrogen-bond donors (Lipinski definition) is 0. The van der Waals surface area contributed by atoms with E-state index in [9.17, 15) is 9.18 Å². The molecule has 1 amide bonds. The molecule has 0 spiro atoms. The topological polar surface area (TPSA) is 42.4 Å². The molecule has 0 saturated heterocycles. The molecule has 0 aliphatic rings. The summed E-state index contributed by atoms with van der Waals surface area (Å²) in [5, 5.41) is 2.76. The summed E-state index contributed by atoms with van der Waals surface area (Å²) in [4.78, 5) is 18.4. The van der Waals surface area contributed by atoms with E-state index in [0.717, 1.165) is 5.56 Å². The second-order valence-electron chi connectivity index (χ2n) is 6.08. The second-order valence-corrected chi connectivity index (χ2v) is 7.37. The van der Waals surface area contributed by atoms with Crippen LogP contribution >= 0.6 is 22.9 Å². The average molecular weight is 419 g/mol.